The average Bonchev–Trinajstić information content (AvgIpc) is 3.03. The molecule has 1 aromatic carbocycles. The molecule has 3 nitrogen and oxygen atoms in total. The van der Waals surface area contributed by atoms with Crippen LogP contribution in [-0.2, 0) is 13.1 Å². The molecule has 3 rings (SSSR count). The summed E-state index contributed by atoms with van der Waals surface area (Å²) in [6.07, 6.45) is 2.63. The minimum atomic E-state index is 0.114. The first-order valence-corrected chi connectivity index (χ1v) is 7.99. The highest BCUT2D eigenvalue weighted by atomic mass is 16.3. The second-order valence-corrected chi connectivity index (χ2v) is 7.09. The highest BCUT2D eigenvalue weighted by molar-refractivity contribution is 5.82. The number of benzene rings is 1. The fourth-order valence-corrected chi connectivity index (χ4v) is 2.97. The summed E-state index contributed by atoms with van der Waals surface area (Å²) in [5.41, 5.74) is 2.45. The fraction of sp³-hybridized carbons (Fsp3) is 0.556. The lowest BCUT2D eigenvalue weighted by atomic mass is 10.1. The molecule has 21 heavy (non-hydrogen) atoms. The van der Waals surface area contributed by atoms with Crippen molar-refractivity contribution in [2.45, 2.75) is 52.2 Å². The smallest absolute Gasteiger partial charge is 0.134 e. The molecule has 1 saturated heterocycles. The molecule has 1 aliphatic heterocycles. The van der Waals surface area contributed by atoms with Crippen LogP contribution in [0.25, 0.3) is 11.0 Å². The highest BCUT2D eigenvalue weighted by Crippen LogP contribution is 2.28. The molecule has 0 aliphatic carbocycles. The number of furan rings is 1. The van der Waals surface area contributed by atoms with Gasteiger partial charge in [0.05, 0.1) is 6.54 Å². The van der Waals surface area contributed by atoms with Crippen molar-refractivity contribution in [2.75, 3.05) is 13.1 Å². The molecule has 0 atom stereocenters. The predicted molar refractivity (Wildman–Crippen MR) is 87.3 cm³/mol. The average molecular weight is 286 g/mol. The van der Waals surface area contributed by atoms with Crippen molar-refractivity contribution in [3.05, 3.63) is 35.6 Å². The molecule has 0 radical (unpaired) electrons. The van der Waals surface area contributed by atoms with E-state index >= 15 is 0 Å². The van der Waals surface area contributed by atoms with Gasteiger partial charge in [-0.05, 0) is 52.8 Å². The van der Waals surface area contributed by atoms with Gasteiger partial charge >= 0.3 is 0 Å². The zero-order valence-corrected chi connectivity index (χ0v) is 13.4. The van der Waals surface area contributed by atoms with Gasteiger partial charge < -0.3 is 9.73 Å². The number of nitrogens with zero attached hydrogens (tertiary/aromatic N) is 1. The van der Waals surface area contributed by atoms with Crippen LogP contribution in [0, 0.1) is 0 Å². The van der Waals surface area contributed by atoms with Gasteiger partial charge in [-0.25, -0.2) is 0 Å². The molecule has 3 heteroatoms. The summed E-state index contributed by atoms with van der Waals surface area (Å²) in [6.45, 7) is 10.8. The SMILES string of the molecule is CC(C)(C)NCc1c(CN2CCCC2)oc2ccccc12. The minimum Gasteiger partial charge on any atom is -0.459 e. The van der Waals surface area contributed by atoms with Crippen LogP contribution in [0.1, 0.15) is 44.9 Å². The van der Waals surface area contributed by atoms with E-state index in [1.54, 1.807) is 0 Å². The molecule has 0 amide bonds. The van der Waals surface area contributed by atoms with E-state index in [-0.39, 0.29) is 5.54 Å². The van der Waals surface area contributed by atoms with Gasteiger partial charge in [0.1, 0.15) is 11.3 Å². The maximum Gasteiger partial charge on any atom is 0.134 e. The predicted octanol–water partition coefficient (Wildman–Crippen LogP) is 3.92. The number of likely N-dealkylation sites (tertiary alicyclic amines) is 1. The summed E-state index contributed by atoms with van der Waals surface area (Å²) in [6, 6.07) is 8.39. The third-order valence-electron chi connectivity index (χ3n) is 4.14. The van der Waals surface area contributed by atoms with Gasteiger partial charge in [-0.15, -0.1) is 0 Å². The molecule has 114 valence electrons. The Bertz CT molecular complexity index is 603. The quantitative estimate of drug-likeness (QED) is 0.923. The molecule has 0 bridgehead atoms. The van der Waals surface area contributed by atoms with E-state index in [0.717, 1.165) is 24.4 Å². The Balaban J connectivity index is 1.89. The fourth-order valence-electron chi connectivity index (χ4n) is 2.97. The first-order valence-electron chi connectivity index (χ1n) is 7.99. The van der Waals surface area contributed by atoms with Crippen molar-refractivity contribution in [1.29, 1.82) is 0 Å². The third-order valence-corrected chi connectivity index (χ3v) is 4.14. The molecule has 1 N–H and O–H groups in total. The van der Waals surface area contributed by atoms with E-state index in [9.17, 15) is 0 Å². The van der Waals surface area contributed by atoms with Crippen molar-refractivity contribution in [2.24, 2.45) is 0 Å². The zero-order valence-electron chi connectivity index (χ0n) is 13.4. The Kier molecular flexibility index (Phi) is 4.05. The molecule has 2 aromatic rings. The Labute approximate surface area is 127 Å². The molecule has 0 unspecified atom stereocenters. The number of nitrogens with one attached hydrogen (secondary N) is 1. The summed E-state index contributed by atoms with van der Waals surface area (Å²) >= 11 is 0. The Hall–Kier alpha value is -1.32. The second kappa shape index (κ2) is 5.82. The molecular weight excluding hydrogens is 260 g/mol. The maximum atomic E-state index is 6.14. The normalized spacial score (nSPS) is 16.9. The van der Waals surface area contributed by atoms with E-state index in [0.29, 0.717) is 0 Å². The number of rotatable bonds is 4. The van der Waals surface area contributed by atoms with Crippen molar-refractivity contribution >= 4 is 11.0 Å². The van der Waals surface area contributed by atoms with Crippen molar-refractivity contribution in [3.8, 4) is 0 Å². The molecule has 0 spiro atoms. The summed E-state index contributed by atoms with van der Waals surface area (Å²) in [5.74, 6) is 1.13. The first-order chi connectivity index (χ1) is 10.0. The third kappa shape index (κ3) is 3.47. The van der Waals surface area contributed by atoms with Crippen LogP contribution in [0.5, 0.6) is 0 Å². The standard InChI is InChI=1S/C18H26N2O/c1-18(2,3)19-12-15-14-8-4-5-9-16(14)21-17(15)13-20-10-6-7-11-20/h4-5,8-9,19H,6-7,10-13H2,1-3H3. The Morgan fingerprint density at radius 2 is 1.86 bits per heavy atom. The lowest BCUT2D eigenvalue weighted by Gasteiger charge is -2.21. The number of para-hydroxylation sites is 1. The molecule has 2 heterocycles. The summed E-state index contributed by atoms with van der Waals surface area (Å²) < 4.78 is 6.14. The summed E-state index contributed by atoms with van der Waals surface area (Å²) in [5, 5.41) is 4.86. The molecular formula is C18H26N2O. The molecule has 1 aromatic heterocycles. The largest absolute Gasteiger partial charge is 0.459 e. The minimum absolute atomic E-state index is 0.114. The van der Waals surface area contributed by atoms with Gasteiger partial charge in [0.15, 0.2) is 0 Å². The number of fused-ring (bicyclic) bond motifs is 1. The summed E-state index contributed by atoms with van der Waals surface area (Å²) in [4.78, 5) is 2.50. The lowest BCUT2D eigenvalue weighted by Crippen LogP contribution is -2.35. The highest BCUT2D eigenvalue weighted by Gasteiger charge is 2.20. The van der Waals surface area contributed by atoms with Gasteiger partial charge in [-0.3, -0.25) is 4.90 Å². The zero-order chi connectivity index (χ0) is 14.9. The van der Waals surface area contributed by atoms with E-state index < -0.39 is 0 Å². The van der Waals surface area contributed by atoms with Gasteiger partial charge in [-0.1, -0.05) is 18.2 Å². The van der Waals surface area contributed by atoms with E-state index in [2.05, 4.69) is 49.2 Å². The van der Waals surface area contributed by atoms with E-state index in [1.165, 1.54) is 36.9 Å². The van der Waals surface area contributed by atoms with Crippen molar-refractivity contribution in [1.82, 2.24) is 10.2 Å². The van der Waals surface area contributed by atoms with Crippen LogP contribution in [-0.4, -0.2) is 23.5 Å². The van der Waals surface area contributed by atoms with Crippen LogP contribution in [0.4, 0.5) is 0 Å². The van der Waals surface area contributed by atoms with Crippen LogP contribution < -0.4 is 5.32 Å². The first kappa shape index (κ1) is 14.6. The van der Waals surface area contributed by atoms with Crippen LogP contribution in [0.15, 0.2) is 28.7 Å². The van der Waals surface area contributed by atoms with E-state index in [4.69, 9.17) is 4.42 Å². The molecule has 0 saturated carbocycles. The second-order valence-electron chi connectivity index (χ2n) is 7.09. The van der Waals surface area contributed by atoms with Gasteiger partial charge in [-0.2, -0.15) is 0 Å². The van der Waals surface area contributed by atoms with Crippen molar-refractivity contribution < 1.29 is 4.42 Å². The summed E-state index contributed by atoms with van der Waals surface area (Å²) in [7, 11) is 0. The molecule has 1 aliphatic rings. The number of hydrogen-bond donors (Lipinski definition) is 1. The molecule has 1 fully saturated rings. The van der Waals surface area contributed by atoms with Crippen LogP contribution >= 0.6 is 0 Å². The van der Waals surface area contributed by atoms with Gasteiger partial charge in [0, 0.05) is 23.0 Å². The topological polar surface area (TPSA) is 28.4 Å². The van der Waals surface area contributed by atoms with Crippen LogP contribution in [0.3, 0.4) is 0 Å². The Morgan fingerprint density at radius 1 is 1.14 bits per heavy atom. The van der Waals surface area contributed by atoms with Crippen molar-refractivity contribution in [3.63, 3.8) is 0 Å². The van der Waals surface area contributed by atoms with E-state index in [1.807, 2.05) is 6.07 Å². The maximum absolute atomic E-state index is 6.14. The monoisotopic (exact) mass is 286 g/mol. The number of hydrogen-bond acceptors (Lipinski definition) is 3. The van der Waals surface area contributed by atoms with Gasteiger partial charge in [0.2, 0.25) is 0 Å². The van der Waals surface area contributed by atoms with Gasteiger partial charge in [0.25, 0.3) is 0 Å². The Morgan fingerprint density at radius 3 is 2.57 bits per heavy atom. The lowest BCUT2D eigenvalue weighted by molar-refractivity contribution is 0.298. The van der Waals surface area contributed by atoms with Crippen LogP contribution in [0.2, 0.25) is 0 Å².